The van der Waals surface area contributed by atoms with Gasteiger partial charge in [0.15, 0.2) is 0 Å². The lowest BCUT2D eigenvalue weighted by Gasteiger charge is -2.29. The lowest BCUT2D eigenvalue weighted by Crippen LogP contribution is -2.36. The topological polar surface area (TPSA) is 55.4 Å². The minimum absolute atomic E-state index is 0.341. The van der Waals surface area contributed by atoms with E-state index < -0.39 is 19.4 Å². The molecule has 3 aromatic carbocycles. The Morgan fingerprint density at radius 2 is 1.31 bits per heavy atom. The molecule has 146 valence electrons. The van der Waals surface area contributed by atoms with Crippen molar-refractivity contribution >= 4 is 23.9 Å². The second-order valence-electron chi connectivity index (χ2n) is 7.02. The Morgan fingerprint density at radius 3 is 1.76 bits per heavy atom. The quantitative estimate of drug-likeness (QED) is 0.497. The molecule has 1 aliphatic heterocycles. The Kier molecular flexibility index (Phi) is 5.48. The SMILES string of the molecule is CC1=C[C@H]([C@@H](NP(=O)(c2ccccc2)c2ccccc2)c2ccccc2)OC1=O. The zero-order valence-corrected chi connectivity index (χ0v) is 17.0. The maximum atomic E-state index is 14.4. The number of hydrogen-bond donors (Lipinski definition) is 1. The molecule has 0 aromatic heterocycles. The van der Waals surface area contributed by atoms with Gasteiger partial charge in [-0.2, -0.15) is 0 Å². The fraction of sp³-hybridized carbons (Fsp3) is 0.125. The van der Waals surface area contributed by atoms with Crippen LogP contribution in [0, 0.1) is 0 Å². The lowest BCUT2D eigenvalue weighted by molar-refractivity contribution is -0.140. The summed E-state index contributed by atoms with van der Waals surface area (Å²) in [5.74, 6) is -0.341. The Morgan fingerprint density at radius 1 is 0.828 bits per heavy atom. The van der Waals surface area contributed by atoms with Crippen LogP contribution in [-0.2, 0) is 14.1 Å². The van der Waals surface area contributed by atoms with Gasteiger partial charge in [-0.05, 0) is 42.8 Å². The molecule has 2 atom stereocenters. The summed E-state index contributed by atoms with van der Waals surface area (Å²) >= 11 is 0. The van der Waals surface area contributed by atoms with E-state index in [1.165, 1.54) is 0 Å². The highest BCUT2D eigenvalue weighted by atomic mass is 31.2. The molecule has 0 saturated heterocycles. The third-order valence-corrected chi connectivity index (χ3v) is 7.72. The summed E-state index contributed by atoms with van der Waals surface area (Å²) in [5.41, 5.74) is 1.47. The predicted molar refractivity (Wildman–Crippen MR) is 116 cm³/mol. The highest BCUT2D eigenvalue weighted by Crippen LogP contribution is 2.43. The normalized spacial score (nSPS) is 17.5. The molecule has 1 heterocycles. The van der Waals surface area contributed by atoms with Gasteiger partial charge in [-0.25, -0.2) is 9.88 Å². The molecule has 5 heteroatoms. The van der Waals surface area contributed by atoms with Crippen LogP contribution in [0.1, 0.15) is 18.5 Å². The Labute approximate surface area is 170 Å². The first-order chi connectivity index (χ1) is 14.1. The number of nitrogens with one attached hydrogen (secondary N) is 1. The van der Waals surface area contributed by atoms with E-state index in [9.17, 15) is 9.36 Å². The average Bonchev–Trinajstić information content (AvgIpc) is 3.11. The van der Waals surface area contributed by atoms with Gasteiger partial charge in [0.25, 0.3) is 0 Å². The number of esters is 1. The Hall–Kier alpha value is -2.94. The molecule has 0 aliphatic carbocycles. The van der Waals surface area contributed by atoms with Gasteiger partial charge in [-0.1, -0.05) is 66.7 Å². The van der Waals surface area contributed by atoms with Crippen LogP contribution in [0.3, 0.4) is 0 Å². The van der Waals surface area contributed by atoms with Crippen molar-refractivity contribution in [1.82, 2.24) is 5.09 Å². The summed E-state index contributed by atoms with van der Waals surface area (Å²) in [6.45, 7) is 1.73. The molecule has 0 fully saturated rings. The van der Waals surface area contributed by atoms with Gasteiger partial charge in [0.2, 0.25) is 7.29 Å². The van der Waals surface area contributed by atoms with Crippen LogP contribution in [0.25, 0.3) is 0 Å². The van der Waals surface area contributed by atoms with Crippen molar-refractivity contribution in [1.29, 1.82) is 0 Å². The lowest BCUT2D eigenvalue weighted by atomic mass is 10.0. The molecule has 1 aliphatic rings. The van der Waals surface area contributed by atoms with Crippen LogP contribution in [0.5, 0.6) is 0 Å². The summed E-state index contributed by atoms with van der Waals surface area (Å²) < 4.78 is 20.0. The van der Waals surface area contributed by atoms with Crippen LogP contribution in [-0.4, -0.2) is 12.1 Å². The average molecular weight is 403 g/mol. The molecule has 0 saturated carbocycles. The van der Waals surface area contributed by atoms with Gasteiger partial charge >= 0.3 is 5.97 Å². The summed E-state index contributed by atoms with van der Waals surface area (Å²) in [6.07, 6.45) is 1.26. The third kappa shape index (κ3) is 3.95. The van der Waals surface area contributed by atoms with Crippen LogP contribution >= 0.6 is 7.29 Å². The van der Waals surface area contributed by atoms with Gasteiger partial charge in [0, 0.05) is 16.2 Å². The van der Waals surface area contributed by atoms with E-state index in [2.05, 4.69) is 5.09 Å². The van der Waals surface area contributed by atoms with Gasteiger partial charge in [0.1, 0.15) is 6.10 Å². The molecule has 4 rings (SSSR count). The minimum atomic E-state index is -3.21. The zero-order chi connectivity index (χ0) is 20.3. The molecule has 0 unspecified atom stereocenters. The first kappa shape index (κ1) is 19.4. The smallest absolute Gasteiger partial charge is 0.334 e. The van der Waals surface area contributed by atoms with E-state index >= 15 is 0 Å². The monoisotopic (exact) mass is 403 g/mol. The first-order valence-electron chi connectivity index (χ1n) is 9.51. The molecule has 1 N–H and O–H groups in total. The second-order valence-corrected chi connectivity index (χ2v) is 9.53. The van der Waals surface area contributed by atoms with Gasteiger partial charge < -0.3 is 4.74 Å². The van der Waals surface area contributed by atoms with Crippen molar-refractivity contribution in [3.05, 3.63) is 108 Å². The molecule has 0 spiro atoms. The molecule has 0 bridgehead atoms. The summed E-state index contributed by atoms with van der Waals surface area (Å²) in [7, 11) is -3.21. The molecular formula is C24H22NO3P. The molecule has 0 radical (unpaired) electrons. The van der Waals surface area contributed by atoms with E-state index in [-0.39, 0.29) is 5.97 Å². The van der Waals surface area contributed by atoms with E-state index in [1.807, 2.05) is 91.0 Å². The van der Waals surface area contributed by atoms with E-state index in [0.29, 0.717) is 16.2 Å². The highest BCUT2D eigenvalue weighted by molar-refractivity contribution is 7.76. The first-order valence-corrected chi connectivity index (χ1v) is 11.2. The van der Waals surface area contributed by atoms with Crippen molar-refractivity contribution in [3.8, 4) is 0 Å². The number of cyclic esters (lactones) is 1. The van der Waals surface area contributed by atoms with Gasteiger partial charge in [0.05, 0.1) is 6.04 Å². The largest absolute Gasteiger partial charge is 0.453 e. The van der Waals surface area contributed by atoms with Crippen LogP contribution in [0.4, 0.5) is 0 Å². The summed E-state index contributed by atoms with van der Waals surface area (Å²) in [5, 5.41) is 4.81. The van der Waals surface area contributed by atoms with Crippen molar-refractivity contribution in [2.24, 2.45) is 0 Å². The minimum Gasteiger partial charge on any atom is -0.453 e. The fourth-order valence-electron chi connectivity index (χ4n) is 3.50. The number of carbonyl (C=O) groups is 1. The van der Waals surface area contributed by atoms with Crippen molar-refractivity contribution in [2.75, 3.05) is 0 Å². The fourth-order valence-corrected chi connectivity index (χ4v) is 5.97. The standard InChI is InChI=1S/C24H22NO3P/c1-18-17-22(28-24(18)26)23(19-11-5-2-6-12-19)25-29(27,20-13-7-3-8-14-20)21-15-9-4-10-16-21/h2-17,22-23H,1H3,(H,25,27)/t22-,23+/m1/s1. The molecule has 0 amide bonds. The van der Waals surface area contributed by atoms with Crippen molar-refractivity contribution in [2.45, 2.75) is 19.1 Å². The number of hydrogen-bond acceptors (Lipinski definition) is 3. The van der Waals surface area contributed by atoms with Crippen LogP contribution < -0.4 is 15.7 Å². The van der Waals surface area contributed by atoms with E-state index in [0.717, 1.165) is 5.56 Å². The van der Waals surface area contributed by atoms with E-state index in [4.69, 9.17) is 4.74 Å². The number of carbonyl (C=O) groups excluding carboxylic acids is 1. The van der Waals surface area contributed by atoms with Crippen LogP contribution in [0.2, 0.25) is 0 Å². The van der Waals surface area contributed by atoms with Gasteiger partial charge in [-0.15, -0.1) is 0 Å². The van der Waals surface area contributed by atoms with Crippen molar-refractivity contribution < 1.29 is 14.1 Å². The Balaban J connectivity index is 1.81. The predicted octanol–water partition coefficient (Wildman–Crippen LogP) is 4.12. The second kappa shape index (κ2) is 8.20. The maximum Gasteiger partial charge on any atom is 0.334 e. The Bertz CT molecular complexity index is 1020. The zero-order valence-electron chi connectivity index (χ0n) is 16.1. The number of ether oxygens (including phenoxy) is 1. The molecular weight excluding hydrogens is 381 g/mol. The van der Waals surface area contributed by atoms with Crippen LogP contribution in [0.15, 0.2) is 103 Å². The third-order valence-electron chi connectivity index (χ3n) is 5.03. The number of benzene rings is 3. The van der Waals surface area contributed by atoms with Gasteiger partial charge in [-0.3, -0.25) is 4.57 Å². The van der Waals surface area contributed by atoms with E-state index in [1.54, 1.807) is 13.0 Å². The number of rotatable bonds is 6. The molecule has 4 nitrogen and oxygen atoms in total. The molecule has 3 aromatic rings. The highest BCUT2D eigenvalue weighted by Gasteiger charge is 2.37. The van der Waals surface area contributed by atoms with Crippen molar-refractivity contribution in [3.63, 3.8) is 0 Å². The summed E-state index contributed by atoms with van der Waals surface area (Å²) in [6, 6.07) is 28.0. The maximum absolute atomic E-state index is 14.4. The summed E-state index contributed by atoms with van der Waals surface area (Å²) in [4.78, 5) is 12.0. The molecule has 29 heavy (non-hydrogen) atoms.